The van der Waals surface area contributed by atoms with Crippen molar-refractivity contribution in [1.29, 1.82) is 5.26 Å². The van der Waals surface area contributed by atoms with Gasteiger partial charge < -0.3 is 18.6 Å². The number of nitriles is 1. The maximum atomic E-state index is 13.7. The summed E-state index contributed by atoms with van der Waals surface area (Å²) in [5, 5.41) is 10.8. The number of carbonyl (C=O) groups is 2. The van der Waals surface area contributed by atoms with Gasteiger partial charge in [0, 0.05) is 23.2 Å². The molecule has 0 radical (unpaired) electrons. The first kappa shape index (κ1) is 27.5. The van der Waals surface area contributed by atoms with Gasteiger partial charge in [-0.15, -0.1) is 0 Å². The third-order valence-electron chi connectivity index (χ3n) is 5.88. The number of amides is 2. The van der Waals surface area contributed by atoms with Crippen molar-refractivity contribution >= 4 is 40.0 Å². The zero-order valence-electron chi connectivity index (χ0n) is 23.6. The van der Waals surface area contributed by atoms with E-state index in [0.717, 1.165) is 10.5 Å². The van der Waals surface area contributed by atoms with Gasteiger partial charge in [0.05, 0.1) is 19.1 Å². The van der Waals surface area contributed by atoms with Crippen LogP contribution in [0, 0.1) is 25.2 Å². The van der Waals surface area contributed by atoms with Gasteiger partial charge in [-0.25, -0.2) is 9.59 Å². The predicted octanol–water partition coefficient (Wildman–Crippen LogP) is 6.95. The molecule has 0 aliphatic rings. The van der Waals surface area contributed by atoms with Gasteiger partial charge in [-0.3, -0.25) is 9.55 Å². The van der Waals surface area contributed by atoms with E-state index in [4.69, 9.17) is 18.6 Å². The molecule has 1 aromatic carbocycles. The van der Waals surface area contributed by atoms with Crippen LogP contribution in [-0.4, -0.2) is 40.0 Å². The Kier molecular flexibility index (Phi) is 6.81. The highest BCUT2D eigenvalue weighted by molar-refractivity contribution is 6.15. The normalized spacial score (nSPS) is 11.9. The molecule has 204 valence electrons. The average Bonchev–Trinajstić information content (AvgIpc) is 3.40. The lowest BCUT2D eigenvalue weighted by molar-refractivity contribution is 0.0428. The van der Waals surface area contributed by atoms with Crippen LogP contribution in [0.4, 0.5) is 15.4 Å². The van der Waals surface area contributed by atoms with Crippen LogP contribution in [0.5, 0.6) is 5.75 Å². The number of nitrogens with zero attached hydrogens (tertiary/aromatic N) is 4. The molecule has 39 heavy (non-hydrogen) atoms. The average molecular weight is 533 g/mol. The molecular formula is C29H32N4O6. The summed E-state index contributed by atoms with van der Waals surface area (Å²) >= 11 is 0. The van der Waals surface area contributed by atoms with E-state index in [-0.39, 0.29) is 11.4 Å². The number of pyridine rings is 1. The van der Waals surface area contributed by atoms with Crippen LogP contribution >= 0.6 is 0 Å². The van der Waals surface area contributed by atoms with Gasteiger partial charge in [0.25, 0.3) is 0 Å². The largest absolute Gasteiger partial charge is 0.496 e. The third kappa shape index (κ3) is 5.00. The van der Waals surface area contributed by atoms with E-state index < -0.39 is 23.4 Å². The molecule has 0 spiro atoms. The van der Waals surface area contributed by atoms with Crippen molar-refractivity contribution in [2.24, 2.45) is 0 Å². The monoisotopic (exact) mass is 532 g/mol. The van der Waals surface area contributed by atoms with Gasteiger partial charge in [-0.05, 0) is 67.0 Å². The van der Waals surface area contributed by atoms with Gasteiger partial charge in [0.15, 0.2) is 11.4 Å². The van der Waals surface area contributed by atoms with Crippen LogP contribution in [0.3, 0.4) is 0 Å². The van der Waals surface area contributed by atoms with Gasteiger partial charge in [-0.2, -0.15) is 10.2 Å². The molecule has 0 bridgehead atoms. The molecule has 0 N–H and O–H groups in total. The SMILES string of the molecule is COc1ccc(C)c(-n2c(N(C(=O)OC(C)(C)C)C(=O)OC(C)(C)C)c(C#N)c3cnc4ccoc4c32)c1C. The Hall–Kier alpha value is -4.52. The lowest BCUT2D eigenvalue weighted by atomic mass is 10.1. The molecule has 0 atom stereocenters. The fraction of sp³-hybridized carbons (Fsp3) is 0.379. The topological polar surface area (TPSA) is 120 Å². The number of fused-ring (bicyclic) bond motifs is 3. The molecule has 4 aromatic rings. The summed E-state index contributed by atoms with van der Waals surface area (Å²) in [5.41, 5.74) is 1.60. The van der Waals surface area contributed by atoms with Gasteiger partial charge in [0.2, 0.25) is 0 Å². The summed E-state index contributed by atoms with van der Waals surface area (Å²) in [4.78, 5) is 32.7. The van der Waals surface area contributed by atoms with Crippen LogP contribution in [-0.2, 0) is 9.47 Å². The summed E-state index contributed by atoms with van der Waals surface area (Å²) in [6, 6.07) is 7.56. The zero-order valence-corrected chi connectivity index (χ0v) is 23.6. The first-order valence-corrected chi connectivity index (χ1v) is 12.4. The minimum absolute atomic E-state index is 0.0224. The molecule has 0 aliphatic carbocycles. The molecule has 4 rings (SSSR count). The Balaban J connectivity index is 2.22. The Morgan fingerprint density at radius 3 is 2.18 bits per heavy atom. The van der Waals surface area contributed by atoms with Crippen LogP contribution in [0.25, 0.3) is 27.7 Å². The van der Waals surface area contributed by atoms with Crippen LogP contribution < -0.4 is 9.64 Å². The zero-order chi connectivity index (χ0) is 28.9. The molecule has 0 fully saturated rings. The first-order valence-electron chi connectivity index (χ1n) is 12.4. The molecule has 10 nitrogen and oxygen atoms in total. The van der Waals surface area contributed by atoms with Crippen LogP contribution in [0.15, 0.2) is 35.1 Å². The fourth-order valence-corrected chi connectivity index (χ4v) is 4.43. The van der Waals surface area contributed by atoms with Gasteiger partial charge in [0.1, 0.15) is 39.6 Å². The second-order valence-electron chi connectivity index (χ2n) is 11.2. The number of methoxy groups -OCH3 is 1. The minimum Gasteiger partial charge on any atom is -0.496 e. The Morgan fingerprint density at radius 1 is 1.03 bits per heavy atom. The second kappa shape index (κ2) is 9.66. The highest BCUT2D eigenvalue weighted by Crippen LogP contribution is 2.42. The number of hydrogen-bond acceptors (Lipinski definition) is 8. The van der Waals surface area contributed by atoms with Crippen molar-refractivity contribution in [3.63, 3.8) is 0 Å². The van der Waals surface area contributed by atoms with Crippen molar-refractivity contribution in [1.82, 2.24) is 9.55 Å². The molecule has 0 saturated heterocycles. The maximum Gasteiger partial charge on any atom is 0.425 e. The second-order valence-corrected chi connectivity index (χ2v) is 11.2. The number of furan rings is 1. The highest BCUT2D eigenvalue weighted by Gasteiger charge is 2.39. The van der Waals surface area contributed by atoms with E-state index in [0.29, 0.717) is 39.0 Å². The molecule has 0 unspecified atom stereocenters. The Labute approximate surface area is 226 Å². The number of anilines is 1. The number of aryl methyl sites for hydroxylation is 1. The molecule has 2 amide bonds. The molecule has 0 saturated carbocycles. The van der Waals surface area contributed by atoms with Crippen molar-refractivity contribution < 1.29 is 28.2 Å². The number of rotatable bonds is 3. The number of imide groups is 1. The summed E-state index contributed by atoms with van der Waals surface area (Å²) in [6.07, 6.45) is 1.02. The van der Waals surface area contributed by atoms with E-state index in [1.165, 1.54) is 12.5 Å². The van der Waals surface area contributed by atoms with E-state index in [1.807, 2.05) is 26.0 Å². The third-order valence-corrected chi connectivity index (χ3v) is 5.88. The smallest absolute Gasteiger partial charge is 0.425 e. The first-order chi connectivity index (χ1) is 18.2. The molecule has 3 aromatic heterocycles. The van der Waals surface area contributed by atoms with Crippen molar-refractivity contribution in [2.75, 3.05) is 12.0 Å². The molecule has 0 aliphatic heterocycles. The molecule has 3 heterocycles. The quantitative estimate of drug-likeness (QED) is 0.278. The standard InChI is InChI=1S/C29H32N4O6/c1-16-10-11-21(36-9)17(2)22(16)32-23-19(15-31-20-12-13-37-24(20)23)18(14-30)25(32)33(26(34)38-28(3,4)5)27(35)39-29(6,7)8/h10-13,15H,1-9H3. The van der Waals surface area contributed by atoms with E-state index in [2.05, 4.69) is 11.1 Å². The number of carbonyl (C=O) groups excluding carboxylic acids is 2. The summed E-state index contributed by atoms with van der Waals surface area (Å²) < 4.78 is 24.4. The lowest BCUT2D eigenvalue weighted by Gasteiger charge is -2.30. The summed E-state index contributed by atoms with van der Waals surface area (Å²) in [6.45, 7) is 13.9. The molecule has 10 heteroatoms. The number of aromatic nitrogens is 2. The fourth-order valence-electron chi connectivity index (χ4n) is 4.43. The van der Waals surface area contributed by atoms with Crippen molar-refractivity contribution in [3.8, 4) is 17.5 Å². The van der Waals surface area contributed by atoms with Gasteiger partial charge >= 0.3 is 12.2 Å². The van der Waals surface area contributed by atoms with Gasteiger partial charge in [-0.1, -0.05) is 6.07 Å². The van der Waals surface area contributed by atoms with Crippen molar-refractivity contribution in [3.05, 3.63) is 47.3 Å². The van der Waals surface area contributed by atoms with Crippen molar-refractivity contribution in [2.45, 2.75) is 66.6 Å². The Morgan fingerprint density at radius 2 is 1.64 bits per heavy atom. The predicted molar refractivity (Wildman–Crippen MR) is 147 cm³/mol. The number of benzene rings is 1. The number of hydrogen-bond donors (Lipinski definition) is 0. The minimum atomic E-state index is -1.00. The van der Waals surface area contributed by atoms with E-state index >= 15 is 0 Å². The van der Waals surface area contributed by atoms with Crippen LogP contribution in [0.1, 0.15) is 58.2 Å². The van der Waals surface area contributed by atoms with E-state index in [1.54, 1.807) is 59.3 Å². The molecular weight excluding hydrogens is 500 g/mol. The highest BCUT2D eigenvalue weighted by atomic mass is 16.6. The summed E-state index contributed by atoms with van der Waals surface area (Å²) in [5.74, 6) is 0.522. The summed E-state index contributed by atoms with van der Waals surface area (Å²) in [7, 11) is 1.55. The lowest BCUT2D eigenvalue weighted by Crippen LogP contribution is -2.45. The van der Waals surface area contributed by atoms with Crippen LogP contribution in [0.2, 0.25) is 0 Å². The maximum absolute atomic E-state index is 13.7. The number of ether oxygens (including phenoxy) is 3. The van der Waals surface area contributed by atoms with E-state index in [9.17, 15) is 14.9 Å². The Bertz CT molecular complexity index is 1610.